The molecule has 0 aromatic heterocycles. The van der Waals surface area contributed by atoms with E-state index in [1.54, 1.807) is 35.2 Å². The first kappa shape index (κ1) is 17.4. The fraction of sp³-hybridized carbons (Fsp3) is 0.467. The van der Waals surface area contributed by atoms with Crippen molar-refractivity contribution in [3.8, 4) is 0 Å². The average Bonchev–Trinajstić information content (AvgIpc) is 2.55. The van der Waals surface area contributed by atoms with Gasteiger partial charge in [-0.05, 0) is 12.1 Å². The molecule has 0 radical (unpaired) electrons. The summed E-state index contributed by atoms with van der Waals surface area (Å²) in [5, 5.41) is 2.58. The maximum atomic E-state index is 12.5. The number of nitrogens with one attached hydrogen (secondary N) is 1. The Morgan fingerprint density at radius 1 is 1.09 bits per heavy atom. The molecule has 0 bridgehead atoms. The number of carbonyl (C=O) groups excluding carboxylic acids is 2. The van der Waals surface area contributed by atoms with E-state index in [0.717, 1.165) is 0 Å². The lowest BCUT2D eigenvalue weighted by molar-refractivity contribution is -0.132. The minimum absolute atomic E-state index is 0.0736. The van der Waals surface area contributed by atoms with Crippen molar-refractivity contribution >= 4 is 21.8 Å². The Kier molecular flexibility index (Phi) is 5.73. The third-order valence-corrected chi connectivity index (χ3v) is 5.60. The maximum absolute atomic E-state index is 12.5. The standard InChI is InChI=1S/C15H21N3O4S/c1-13(19)16-8-7-15(20)17-9-11-18(12-10-17)23(21,22)14-5-3-2-4-6-14/h2-6H,7-12H2,1H3,(H,16,19). The lowest BCUT2D eigenvalue weighted by Gasteiger charge is -2.34. The molecule has 23 heavy (non-hydrogen) atoms. The molecular weight excluding hydrogens is 318 g/mol. The van der Waals surface area contributed by atoms with Crippen molar-refractivity contribution in [2.75, 3.05) is 32.7 Å². The zero-order valence-electron chi connectivity index (χ0n) is 13.1. The summed E-state index contributed by atoms with van der Waals surface area (Å²) in [5.41, 5.74) is 0. The first-order chi connectivity index (χ1) is 10.9. The monoisotopic (exact) mass is 339 g/mol. The van der Waals surface area contributed by atoms with E-state index in [2.05, 4.69) is 5.32 Å². The summed E-state index contributed by atoms with van der Waals surface area (Å²) >= 11 is 0. The summed E-state index contributed by atoms with van der Waals surface area (Å²) in [6, 6.07) is 8.29. The van der Waals surface area contributed by atoms with Crippen molar-refractivity contribution < 1.29 is 18.0 Å². The van der Waals surface area contributed by atoms with Crippen molar-refractivity contribution in [2.24, 2.45) is 0 Å². The number of hydrogen-bond acceptors (Lipinski definition) is 4. The largest absolute Gasteiger partial charge is 0.356 e. The normalized spacial score (nSPS) is 16.1. The summed E-state index contributed by atoms with van der Waals surface area (Å²) in [4.78, 5) is 24.7. The number of rotatable bonds is 5. The molecule has 1 aliphatic heterocycles. The van der Waals surface area contributed by atoms with Crippen LogP contribution < -0.4 is 5.32 Å². The quantitative estimate of drug-likeness (QED) is 0.821. The van der Waals surface area contributed by atoms with Gasteiger partial charge < -0.3 is 10.2 Å². The predicted octanol–water partition coefficient (Wildman–Crippen LogP) is 0.0457. The van der Waals surface area contributed by atoms with Crippen LogP contribution in [0.4, 0.5) is 0 Å². The molecule has 0 saturated carbocycles. The highest BCUT2D eigenvalue weighted by molar-refractivity contribution is 7.89. The van der Waals surface area contributed by atoms with E-state index in [1.165, 1.54) is 11.2 Å². The second-order valence-corrected chi connectivity index (χ2v) is 7.27. The number of piperazine rings is 1. The molecule has 1 N–H and O–H groups in total. The molecule has 0 spiro atoms. The zero-order chi connectivity index (χ0) is 16.9. The van der Waals surface area contributed by atoms with E-state index in [9.17, 15) is 18.0 Å². The molecule has 2 rings (SSSR count). The molecule has 1 heterocycles. The summed E-state index contributed by atoms with van der Waals surface area (Å²) in [6.45, 7) is 3.00. The van der Waals surface area contributed by atoms with Crippen LogP contribution in [-0.2, 0) is 19.6 Å². The Balaban J connectivity index is 1.88. The molecule has 7 nitrogen and oxygen atoms in total. The van der Waals surface area contributed by atoms with Gasteiger partial charge in [-0.1, -0.05) is 18.2 Å². The number of amides is 2. The fourth-order valence-electron chi connectivity index (χ4n) is 2.42. The Morgan fingerprint density at radius 2 is 1.70 bits per heavy atom. The molecule has 0 atom stereocenters. The SMILES string of the molecule is CC(=O)NCCC(=O)N1CCN(S(=O)(=O)c2ccccc2)CC1. The average molecular weight is 339 g/mol. The van der Waals surface area contributed by atoms with Crippen molar-refractivity contribution in [1.82, 2.24) is 14.5 Å². The van der Waals surface area contributed by atoms with Gasteiger partial charge in [-0.25, -0.2) is 8.42 Å². The number of hydrogen-bond donors (Lipinski definition) is 1. The highest BCUT2D eigenvalue weighted by atomic mass is 32.2. The van der Waals surface area contributed by atoms with Crippen LogP contribution in [0.3, 0.4) is 0 Å². The van der Waals surface area contributed by atoms with Crippen LogP contribution >= 0.6 is 0 Å². The van der Waals surface area contributed by atoms with Crippen LogP contribution in [0.2, 0.25) is 0 Å². The van der Waals surface area contributed by atoms with Crippen molar-refractivity contribution in [1.29, 1.82) is 0 Å². The van der Waals surface area contributed by atoms with Crippen LogP contribution in [0.5, 0.6) is 0 Å². The van der Waals surface area contributed by atoms with E-state index in [1.807, 2.05) is 0 Å². The molecule has 1 saturated heterocycles. The van der Waals surface area contributed by atoms with Crippen molar-refractivity contribution in [2.45, 2.75) is 18.2 Å². The minimum atomic E-state index is -3.50. The third-order valence-electron chi connectivity index (χ3n) is 3.69. The number of benzene rings is 1. The van der Waals surface area contributed by atoms with Gasteiger partial charge in [0.1, 0.15) is 0 Å². The summed E-state index contributed by atoms with van der Waals surface area (Å²) in [5.74, 6) is -0.243. The summed E-state index contributed by atoms with van der Waals surface area (Å²) in [6.07, 6.45) is 0.227. The highest BCUT2D eigenvalue weighted by Gasteiger charge is 2.29. The molecule has 126 valence electrons. The molecule has 2 amide bonds. The Labute approximate surface area is 136 Å². The number of sulfonamides is 1. The van der Waals surface area contributed by atoms with Crippen LogP contribution in [0.25, 0.3) is 0 Å². The van der Waals surface area contributed by atoms with Crippen molar-refractivity contribution in [3.63, 3.8) is 0 Å². The Morgan fingerprint density at radius 3 is 2.26 bits per heavy atom. The number of nitrogens with zero attached hydrogens (tertiary/aromatic N) is 2. The van der Waals surface area contributed by atoms with Gasteiger partial charge in [-0.15, -0.1) is 0 Å². The third kappa shape index (κ3) is 4.52. The Hall–Kier alpha value is -1.93. The van der Waals surface area contributed by atoms with Crippen LogP contribution in [0.1, 0.15) is 13.3 Å². The summed E-state index contributed by atoms with van der Waals surface area (Å²) in [7, 11) is -3.50. The van der Waals surface area contributed by atoms with Gasteiger partial charge >= 0.3 is 0 Å². The molecule has 1 aromatic carbocycles. The number of carbonyl (C=O) groups is 2. The first-order valence-corrected chi connectivity index (χ1v) is 8.92. The van der Waals surface area contributed by atoms with Gasteiger partial charge in [0.25, 0.3) is 0 Å². The van der Waals surface area contributed by atoms with E-state index in [-0.39, 0.29) is 36.2 Å². The topological polar surface area (TPSA) is 86.8 Å². The second-order valence-electron chi connectivity index (χ2n) is 5.33. The molecular formula is C15H21N3O4S. The van der Waals surface area contributed by atoms with Crippen LogP contribution in [0, 0.1) is 0 Å². The van der Waals surface area contributed by atoms with Gasteiger partial charge in [0.2, 0.25) is 21.8 Å². The van der Waals surface area contributed by atoms with Gasteiger partial charge in [0, 0.05) is 46.1 Å². The lowest BCUT2D eigenvalue weighted by Crippen LogP contribution is -2.50. The van der Waals surface area contributed by atoms with E-state index in [0.29, 0.717) is 19.6 Å². The molecule has 0 aliphatic carbocycles. The van der Waals surface area contributed by atoms with Crippen molar-refractivity contribution in [3.05, 3.63) is 30.3 Å². The zero-order valence-corrected chi connectivity index (χ0v) is 13.9. The van der Waals surface area contributed by atoms with Gasteiger partial charge in [-0.2, -0.15) is 4.31 Å². The smallest absolute Gasteiger partial charge is 0.243 e. The summed E-state index contributed by atoms with van der Waals surface area (Å²) < 4.78 is 26.4. The predicted molar refractivity (Wildman–Crippen MR) is 85.1 cm³/mol. The first-order valence-electron chi connectivity index (χ1n) is 7.48. The van der Waals surface area contributed by atoms with E-state index >= 15 is 0 Å². The van der Waals surface area contributed by atoms with E-state index < -0.39 is 10.0 Å². The fourth-order valence-corrected chi connectivity index (χ4v) is 3.87. The molecule has 1 fully saturated rings. The molecule has 1 aromatic rings. The highest BCUT2D eigenvalue weighted by Crippen LogP contribution is 2.17. The molecule has 1 aliphatic rings. The maximum Gasteiger partial charge on any atom is 0.243 e. The van der Waals surface area contributed by atoms with E-state index in [4.69, 9.17) is 0 Å². The van der Waals surface area contributed by atoms with Crippen LogP contribution in [0.15, 0.2) is 35.2 Å². The Bertz CT molecular complexity index is 653. The van der Waals surface area contributed by atoms with Gasteiger partial charge in [0.15, 0.2) is 0 Å². The molecule has 0 unspecified atom stereocenters. The second kappa shape index (κ2) is 7.56. The van der Waals surface area contributed by atoms with Gasteiger partial charge in [-0.3, -0.25) is 9.59 Å². The van der Waals surface area contributed by atoms with Crippen LogP contribution in [-0.4, -0.2) is 62.2 Å². The minimum Gasteiger partial charge on any atom is -0.356 e. The molecule has 8 heteroatoms. The van der Waals surface area contributed by atoms with Gasteiger partial charge in [0.05, 0.1) is 4.90 Å². The lowest BCUT2D eigenvalue weighted by atomic mass is 10.3.